The lowest BCUT2D eigenvalue weighted by molar-refractivity contribution is -0.118. The monoisotopic (exact) mass is 441 g/mol. The maximum atomic E-state index is 13.5. The molecule has 1 aliphatic rings. The Labute approximate surface area is 188 Å². The van der Waals surface area contributed by atoms with Crippen LogP contribution < -0.4 is 10.6 Å². The van der Waals surface area contributed by atoms with Crippen LogP contribution in [0.1, 0.15) is 76.7 Å². The Bertz CT molecular complexity index is 1050. The zero-order chi connectivity index (χ0) is 23.6. The van der Waals surface area contributed by atoms with Crippen LogP contribution in [0.3, 0.4) is 0 Å². The maximum absolute atomic E-state index is 13.5. The van der Waals surface area contributed by atoms with Gasteiger partial charge in [0.15, 0.2) is 0 Å². The first-order valence-electron chi connectivity index (χ1n) is 11.2. The van der Waals surface area contributed by atoms with Crippen molar-refractivity contribution in [2.45, 2.75) is 65.8 Å². The van der Waals surface area contributed by atoms with Gasteiger partial charge in [0.2, 0.25) is 0 Å². The average molecular weight is 442 g/mol. The number of aryl methyl sites for hydroxylation is 1. The van der Waals surface area contributed by atoms with Crippen LogP contribution in [0.2, 0.25) is 0 Å². The van der Waals surface area contributed by atoms with Crippen molar-refractivity contribution in [3.05, 3.63) is 52.1 Å². The summed E-state index contributed by atoms with van der Waals surface area (Å²) in [6.45, 7) is 7.20. The van der Waals surface area contributed by atoms with Crippen molar-refractivity contribution in [1.82, 2.24) is 9.88 Å². The van der Waals surface area contributed by atoms with E-state index in [9.17, 15) is 18.8 Å². The molecule has 2 aromatic rings. The molecule has 1 aliphatic carbocycles. The average Bonchev–Trinajstić information content (AvgIpc) is 2.99. The lowest BCUT2D eigenvalue weighted by Gasteiger charge is -2.28. The number of carbonyl (C=O) groups is 3. The van der Waals surface area contributed by atoms with Gasteiger partial charge < -0.3 is 15.2 Å². The van der Waals surface area contributed by atoms with Gasteiger partial charge in [0.05, 0.1) is 11.3 Å². The topological polar surface area (TPSA) is 80.2 Å². The van der Waals surface area contributed by atoms with Crippen LogP contribution >= 0.6 is 0 Å². The fourth-order valence-electron chi connectivity index (χ4n) is 4.62. The largest absolute Gasteiger partial charge is 0.346 e. The fraction of sp³-hybridized carbons (Fsp3) is 0.480. The number of nitrogens with zero attached hydrogens (tertiary/aromatic N) is 1. The molecule has 1 fully saturated rings. The Kier molecular flexibility index (Phi) is 7.16. The van der Waals surface area contributed by atoms with Gasteiger partial charge in [0, 0.05) is 24.5 Å². The van der Waals surface area contributed by atoms with Gasteiger partial charge in [-0.05, 0) is 81.7 Å². The molecule has 1 heterocycles. The van der Waals surface area contributed by atoms with Crippen molar-refractivity contribution >= 4 is 23.3 Å². The summed E-state index contributed by atoms with van der Waals surface area (Å²) in [5.74, 6) is -1.32. The Balaban J connectivity index is 1.77. The zero-order valence-electron chi connectivity index (χ0n) is 19.5. The van der Waals surface area contributed by atoms with Crippen molar-refractivity contribution in [1.29, 1.82) is 0 Å². The van der Waals surface area contributed by atoms with Crippen LogP contribution in [-0.2, 0) is 11.8 Å². The SMILES string of the molecule is CCC1CCC(NC(=O)C(=O)c2c(C)c(C(=O)Nc3ccc(F)c(C)c3)c(C)n2C)CC1. The number of amides is 2. The number of aromatic nitrogens is 1. The third-order valence-corrected chi connectivity index (χ3v) is 6.75. The van der Waals surface area contributed by atoms with Crippen LogP contribution in [0.25, 0.3) is 0 Å². The lowest BCUT2D eigenvalue weighted by Crippen LogP contribution is -2.41. The van der Waals surface area contributed by atoms with Gasteiger partial charge >= 0.3 is 0 Å². The molecule has 6 nitrogen and oxygen atoms in total. The van der Waals surface area contributed by atoms with E-state index < -0.39 is 17.6 Å². The summed E-state index contributed by atoms with van der Waals surface area (Å²) in [4.78, 5) is 38.7. The van der Waals surface area contributed by atoms with Gasteiger partial charge in [0.25, 0.3) is 17.6 Å². The highest BCUT2D eigenvalue weighted by Gasteiger charge is 2.30. The third-order valence-electron chi connectivity index (χ3n) is 6.75. The molecule has 1 aromatic heterocycles. The van der Waals surface area contributed by atoms with Crippen molar-refractivity contribution in [3.8, 4) is 0 Å². The molecule has 2 N–H and O–H groups in total. The minimum Gasteiger partial charge on any atom is -0.346 e. The van der Waals surface area contributed by atoms with E-state index in [1.807, 2.05) is 0 Å². The molecule has 32 heavy (non-hydrogen) atoms. The van der Waals surface area contributed by atoms with Crippen molar-refractivity contribution < 1.29 is 18.8 Å². The van der Waals surface area contributed by atoms with Gasteiger partial charge in [-0.1, -0.05) is 13.3 Å². The van der Waals surface area contributed by atoms with E-state index in [1.165, 1.54) is 12.1 Å². The summed E-state index contributed by atoms with van der Waals surface area (Å²) in [7, 11) is 1.67. The number of rotatable bonds is 6. The molecule has 1 aromatic carbocycles. The van der Waals surface area contributed by atoms with Crippen molar-refractivity contribution in [2.24, 2.45) is 13.0 Å². The summed E-state index contributed by atoms with van der Waals surface area (Å²) >= 11 is 0. The van der Waals surface area contributed by atoms with Crippen molar-refractivity contribution in [2.75, 3.05) is 5.32 Å². The standard InChI is InChI=1S/C25H32FN3O3/c1-6-17-7-9-18(10-8-17)27-25(32)23(30)22-15(3)21(16(4)29(22)5)24(31)28-19-11-12-20(26)14(2)13-19/h11-13,17-18H,6-10H2,1-5H3,(H,27,32)(H,28,31). The normalized spacial score (nSPS) is 18.3. The Morgan fingerprint density at radius 2 is 1.75 bits per heavy atom. The predicted molar refractivity (Wildman–Crippen MR) is 122 cm³/mol. The highest BCUT2D eigenvalue weighted by molar-refractivity contribution is 6.43. The number of anilines is 1. The van der Waals surface area contributed by atoms with E-state index in [-0.39, 0.29) is 17.6 Å². The van der Waals surface area contributed by atoms with Crippen LogP contribution in [0.15, 0.2) is 18.2 Å². The number of hydrogen-bond donors (Lipinski definition) is 2. The smallest absolute Gasteiger partial charge is 0.294 e. The van der Waals surface area contributed by atoms with E-state index in [0.29, 0.717) is 34.0 Å². The minimum absolute atomic E-state index is 0.0143. The quantitative estimate of drug-likeness (QED) is 0.507. The molecule has 0 radical (unpaired) electrons. The molecule has 0 unspecified atom stereocenters. The minimum atomic E-state index is -0.637. The summed E-state index contributed by atoms with van der Waals surface area (Å²) < 4.78 is 15.1. The van der Waals surface area contributed by atoms with Gasteiger partial charge in [-0.2, -0.15) is 0 Å². The first-order chi connectivity index (χ1) is 15.1. The molecule has 0 bridgehead atoms. The second-order valence-corrected chi connectivity index (χ2v) is 8.84. The molecule has 0 spiro atoms. The van der Waals surface area contributed by atoms with Crippen LogP contribution in [-0.4, -0.2) is 28.2 Å². The zero-order valence-corrected chi connectivity index (χ0v) is 19.5. The van der Waals surface area contributed by atoms with E-state index in [1.54, 1.807) is 38.5 Å². The number of nitrogens with one attached hydrogen (secondary N) is 2. The first kappa shape index (κ1) is 23.7. The first-order valence-corrected chi connectivity index (χ1v) is 11.2. The van der Waals surface area contributed by atoms with E-state index >= 15 is 0 Å². The van der Waals surface area contributed by atoms with Crippen LogP contribution in [0, 0.1) is 32.5 Å². The number of benzene rings is 1. The van der Waals surface area contributed by atoms with Crippen molar-refractivity contribution in [3.63, 3.8) is 0 Å². The maximum Gasteiger partial charge on any atom is 0.294 e. The molecule has 0 aliphatic heterocycles. The molecule has 0 saturated heterocycles. The Morgan fingerprint density at radius 3 is 2.34 bits per heavy atom. The second-order valence-electron chi connectivity index (χ2n) is 8.84. The number of ketones is 1. The molecule has 2 amide bonds. The van der Waals surface area contributed by atoms with E-state index in [4.69, 9.17) is 0 Å². The summed E-state index contributed by atoms with van der Waals surface area (Å²) in [6, 6.07) is 4.34. The van der Waals surface area contributed by atoms with Gasteiger partial charge in [-0.15, -0.1) is 0 Å². The number of carbonyl (C=O) groups excluding carboxylic acids is 3. The van der Waals surface area contributed by atoms with E-state index in [0.717, 1.165) is 32.1 Å². The molecule has 172 valence electrons. The highest BCUT2D eigenvalue weighted by atomic mass is 19.1. The molecular formula is C25H32FN3O3. The molecule has 3 rings (SSSR count). The molecule has 7 heteroatoms. The molecule has 0 atom stereocenters. The number of hydrogen-bond acceptors (Lipinski definition) is 3. The van der Waals surface area contributed by atoms with Gasteiger partial charge in [-0.25, -0.2) is 4.39 Å². The summed E-state index contributed by atoms with van der Waals surface area (Å²) in [5.41, 5.74) is 2.47. The van der Waals surface area contributed by atoms with Gasteiger partial charge in [-0.3, -0.25) is 14.4 Å². The Hall–Kier alpha value is -2.96. The second kappa shape index (κ2) is 9.67. The number of halogens is 1. The lowest BCUT2D eigenvalue weighted by atomic mass is 9.84. The van der Waals surface area contributed by atoms with Crippen LogP contribution in [0.4, 0.5) is 10.1 Å². The van der Waals surface area contributed by atoms with Crippen LogP contribution in [0.5, 0.6) is 0 Å². The fourth-order valence-corrected chi connectivity index (χ4v) is 4.62. The summed E-state index contributed by atoms with van der Waals surface area (Å²) in [5, 5.41) is 5.65. The molecule has 1 saturated carbocycles. The van der Waals surface area contributed by atoms with E-state index in [2.05, 4.69) is 17.6 Å². The van der Waals surface area contributed by atoms with Gasteiger partial charge in [0.1, 0.15) is 5.82 Å². The number of Topliss-reactive ketones (excluding diaryl/α,β-unsaturated/α-hetero) is 1. The third kappa shape index (κ3) is 4.76. The Morgan fingerprint density at radius 1 is 1.09 bits per heavy atom. The summed E-state index contributed by atoms with van der Waals surface area (Å²) in [6.07, 6.45) is 5.03. The predicted octanol–water partition coefficient (Wildman–Crippen LogP) is 4.61. The molecular weight excluding hydrogens is 409 g/mol. The highest BCUT2D eigenvalue weighted by Crippen LogP contribution is 2.27.